The Morgan fingerprint density at radius 2 is 1.90 bits per heavy atom. The van der Waals surface area contributed by atoms with Crippen LogP contribution < -0.4 is 0 Å². The van der Waals surface area contributed by atoms with E-state index in [9.17, 15) is 8.78 Å². The summed E-state index contributed by atoms with van der Waals surface area (Å²) >= 11 is 0. The average molecular weight is 288 g/mol. The third kappa shape index (κ3) is 3.25. The highest BCUT2D eigenvalue weighted by molar-refractivity contribution is 5.76. The highest BCUT2D eigenvalue weighted by atomic mass is 19.1. The van der Waals surface area contributed by atoms with E-state index in [4.69, 9.17) is 0 Å². The average Bonchev–Trinajstić information content (AvgIpc) is 2.46. The molecule has 3 rings (SSSR count). The first-order chi connectivity index (χ1) is 10.2. The second-order valence-electron chi connectivity index (χ2n) is 6.40. The number of allylic oxidation sites excluding steroid dienone is 4. The highest BCUT2D eigenvalue weighted by Gasteiger charge is 2.27. The maximum absolute atomic E-state index is 13.4. The lowest BCUT2D eigenvalue weighted by atomic mass is 9.72. The first-order valence-corrected chi connectivity index (χ1v) is 8.02. The van der Waals surface area contributed by atoms with Gasteiger partial charge in [-0.05, 0) is 60.8 Å². The molecule has 2 aliphatic rings. The summed E-state index contributed by atoms with van der Waals surface area (Å²) in [4.78, 5) is 0. The summed E-state index contributed by atoms with van der Waals surface area (Å²) in [5, 5.41) is 0. The predicted molar refractivity (Wildman–Crippen MR) is 82.8 cm³/mol. The van der Waals surface area contributed by atoms with Gasteiger partial charge in [0.05, 0.1) is 0 Å². The molecule has 0 N–H and O–H groups in total. The van der Waals surface area contributed by atoms with E-state index in [1.54, 1.807) is 0 Å². The third-order valence-corrected chi connectivity index (χ3v) is 4.84. The zero-order chi connectivity index (χ0) is 14.8. The number of benzene rings is 1. The Morgan fingerprint density at radius 3 is 2.62 bits per heavy atom. The van der Waals surface area contributed by atoms with E-state index < -0.39 is 11.6 Å². The van der Waals surface area contributed by atoms with Crippen molar-refractivity contribution in [2.75, 3.05) is 0 Å². The summed E-state index contributed by atoms with van der Waals surface area (Å²) in [5.74, 6) is 0.507. The maximum atomic E-state index is 13.4. The quantitative estimate of drug-likeness (QED) is 0.650. The van der Waals surface area contributed by atoms with Crippen LogP contribution in [0.3, 0.4) is 0 Å². The summed E-state index contributed by atoms with van der Waals surface area (Å²) in [5.41, 5.74) is 3.12. The molecule has 0 bridgehead atoms. The summed E-state index contributed by atoms with van der Waals surface area (Å²) in [7, 11) is 0. The van der Waals surface area contributed by atoms with Gasteiger partial charge in [-0.1, -0.05) is 37.5 Å². The molecule has 0 saturated heterocycles. The minimum absolute atomic E-state index is 0.502. The number of hydrogen-bond donors (Lipinski definition) is 0. The van der Waals surface area contributed by atoms with Gasteiger partial charge in [0.25, 0.3) is 0 Å². The molecule has 0 aromatic heterocycles. The monoisotopic (exact) mass is 288 g/mol. The molecule has 21 heavy (non-hydrogen) atoms. The van der Waals surface area contributed by atoms with Crippen molar-refractivity contribution in [1.82, 2.24) is 0 Å². The zero-order valence-corrected chi connectivity index (χ0v) is 12.5. The van der Waals surface area contributed by atoms with Gasteiger partial charge in [0.15, 0.2) is 0 Å². The van der Waals surface area contributed by atoms with Gasteiger partial charge in [-0.15, -0.1) is 0 Å². The van der Waals surface area contributed by atoms with Gasteiger partial charge in [-0.3, -0.25) is 0 Å². The minimum Gasteiger partial charge on any atom is -0.207 e. The molecule has 0 nitrogen and oxygen atoms in total. The first-order valence-electron chi connectivity index (χ1n) is 8.02. The van der Waals surface area contributed by atoms with Crippen molar-refractivity contribution in [3.05, 3.63) is 53.1 Å². The van der Waals surface area contributed by atoms with Crippen LogP contribution in [0.4, 0.5) is 8.78 Å². The smallest absolute Gasteiger partial charge is 0.126 e. The Kier molecular flexibility index (Phi) is 4.23. The second kappa shape index (κ2) is 6.13. The normalized spacial score (nSPS) is 25.1. The number of hydrogen-bond acceptors (Lipinski definition) is 0. The van der Waals surface area contributed by atoms with Crippen molar-refractivity contribution in [2.45, 2.75) is 45.4 Å². The van der Waals surface area contributed by atoms with E-state index in [2.05, 4.69) is 19.1 Å². The van der Waals surface area contributed by atoms with Crippen LogP contribution in [-0.4, -0.2) is 0 Å². The molecule has 0 spiro atoms. The van der Waals surface area contributed by atoms with E-state index in [0.29, 0.717) is 11.5 Å². The van der Waals surface area contributed by atoms with E-state index in [1.165, 1.54) is 43.4 Å². The van der Waals surface area contributed by atoms with Crippen molar-refractivity contribution in [3.8, 4) is 0 Å². The van der Waals surface area contributed by atoms with Crippen molar-refractivity contribution >= 4 is 5.57 Å². The zero-order valence-electron chi connectivity index (χ0n) is 12.5. The summed E-state index contributed by atoms with van der Waals surface area (Å²) in [6, 6.07) is 3.78. The van der Waals surface area contributed by atoms with Crippen LogP contribution in [0.2, 0.25) is 0 Å². The molecule has 0 heterocycles. The van der Waals surface area contributed by atoms with Crippen LogP contribution in [-0.2, 0) is 0 Å². The Labute approximate surface area is 125 Å². The molecule has 1 fully saturated rings. The number of halogens is 2. The maximum Gasteiger partial charge on any atom is 0.126 e. The van der Waals surface area contributed by atoms with Crippen LogP contribution in [0.15, 0.2) is 35.9 Å². The van der Waals surface area contributed by atoms with Gasteiger partial charge in [-0.25, -0.2) is 8.78 Å². The van der Waals surface area contributed by atoms with Gasteiger partial charge in [0.2, 0.25) is 0 Å². The molecular weight excluding hydrogens is 266 g/mol. The molecule has 2 heteroatoms. The summed E-state index contributed by atoms with van der Waals surface area (Å²) in [6.45, 7) is 2.25. The van der Waals surface area contributed by atoms with Gasteiger partial charge < -0.3 is 0 Å². The molecule has 0 aliphatic heterocycles. The van der Waals surface area contributed by atoms with Gasteiger partial charge in [-0.2, -0.15) is 0 Å². The minimum atomic E-state index is -0.502. The molecule has 0 radical (unpaired) electrons. The lowest BCUT2D eigenvalue weighted by molar-refractivity contribution is 0.312. The molecule has 2 atom stereocenters. The Hall–Kier alpha value is -1.44. The second-order valence-corrected chi connectivity index (χ2v) is 6.40. The van der Waals surface area contributed by atoms with Crippen LogP contribution in [0.5, 0.6) is 0 Å². The van der Waals surface area contributed by atoms with Crippen LogP contribution in [0.1, 0.15) is 51.0 Å². The van der Waals surface area contributed by atoms with Crippen LogP contribution in [0, 0.1) is 23.5 Å². The summed E-state index contributed by atoms with van der Waals surface area (Å²) < 4.78 is 26.7. The van der Waals surface area contributed by atoms with Gasteiger partial charge >= 0.3 is 0 Å². The first kappa shape index (κ1) is 14.5. The molecular formula is C19H22F2. The lowest BCUT2D eigenvalue weighted by Crippen LogP contribution is -2.19. The molecule has 112 valence electrons. The highest BCUT2D eigenvalue weighted by Crippen LogP contribution is 2.42. The van der Waals surface area contributed by atoms with E-state index in [1.807, 2.05) is 0 Å². The SMILES string of the molecule is CCCC1CCC2=CC(c3cc(F)cc(F)c3)=CCC2C1. The van der Waals surface area contributed by atoms with E-state index in [0.717, 1.165) is 30.4 Å². The fourth-order valence-electron chi connectivity index (χ4n) is 3.80. The summed E-state index contributed by atoms with van der Waals surface area (Å²) in [6.07, 6.45) is 11.6. The lowest BCUT2D eigenvalue weighted by Gasteiger charge is -2.33. The number of fused-ring (bicyclic) bond motifs is 1. The predicted octanol–water partition coefficient (Wildman–Crippen LogP) is 5.89. The molecule has 2 unspecified atom stereocenters. The van der Waals surface area contributed by atoms with Crippen molar-refractivity contribution in [2.24, 2.45) is 11.8 Å². The molecule has 1 aromatic carbocycles. The topological polar surface area (TPSA) is 0 Å². The molecule has 1 saturated carbocycles. The van der Waals surface area contributed by atoms with Gasteiger partial charge in [0, 0.05) is 6.07 Å². The molecule has 0 amide bonds. The standard InChI is InChI=1S/C19H22F2/c1-2-3-13-4-5-15-9-16(7-6-14(15)8-13)17-10-18(20)12-19(21)11-17/h7,9-14H,2-6,8H2,1H3. The van der Waals surface area contributed by atoms with E-state index in [-0.39, 0.29) is 0 Å². The molecule has 2 aliphatic carbocycles. The Morgan fingerprint density at radius 1 is 1.14 bits per heavy atom. The van der Waals surface area contributed by atoms with Crippen molar-refractivity contribution in [3.63, 3.8) is 0 Å². The third-order valence-electron chi connectivity index (χ3n) is 4.84. The van der Waals surface area contributed by atoms with Gasteiger partial charge in [0.1, 0.15) is 11.6 Å². The largest absolute Gasteiger partial charge is 0.207 e. The van der Waals surface area contributed by atoms with Crippen molar-refractivity contribution < 1.29 is 8.78 Å². The van der Waals surface area contributed by atoms with Crippen LogP contribution >= 0.6 is 0 Å². The Bertz CT molecular complexity index is 563. The fraction of sp³-hybridized carbons (Fsp3) is 0.474. The molecule has 1 aromatic rings. The Balaban J connectivity index is 1.78. The van der Waals surface area contributed by atoms with E-state index >= 15 is 0 Å². The fourth-order valence-corrected chi connectivity index (χ4v) is 3.80. The number of rotatable bonds is 3. The van der Waals surface area contributed by atoms with Crippen LogP contribution in [0.25, 0.3) is 5.57 Å². The van der Waals surface area contributed by atoms with Crippen molar-refractivity contribution in [1.29, 1.82) is 0 Å².